The molecule has 1 N–H and O–H groups in total. The Kier molecular flexibility index (Phi) is 5.87. The SMILES string of the molecule is CCCNC(c1c(C)cc(C)cc1C)C(C)CC. The van der Waals surface area contributed by atoms with Gasteiger partial charge in [-0.05, 0) is 56.3 Å². The van der Waals surface area contributed by atoms with Crippen LogP contribution in [0.4, 0.5) is 0 Å². The molecule has 2 atom stereocenters. The molecule has 0 bridgehead atoms. The van der Waals surface area contributed by atoms with E-state index < -0.39 is 0 Å². The highest BCUT2D eigenvalue weighted by molar-refractivity contribution is 5.40. The Bertz CT molecular complexity index is 358. The van der Waals surface area contributed by atoms with Crippen molar-refractivity contribution in [2.24, 2.45) is 5.92 Å². The highest BCUT2D eigenvalue weighted by Gasteiger charge is 2.20. The molecule has 0 aliphatic heterocycles. The molecular formula is C17H29N. The highest BCUT2D eigenvalue weighted by Crippen LogP contribution is 2.30. The maximum atomic E-state index is 3.74. The number of hydrogen-bond donors (Lipinski definition) is 1. The van der Waals surface area contributed by atoms with Crippen LogP contribution in [0.5, 0.6) is 0 Å². The molecule has 0 aliphatic rings. The van der Waals surface area contributed by atoms with Crippen LogP contribution in [0.2, 0.25) is 0 Å². The first-order valence-electron chi connectivity index (χ1n) is 7.32. The molecule has 0 aromatic heterocycles. The molecule has 1 rings (SSSR count). The second-order valence-corrected chi connectivity index (χ2v) is 5.63. The van der Waals surface area contributed by atoms with Gasteiger partial charge in [0.2, 0.25) is 0 Å². The quantitative estimate of drug-likeness (QED) is 0.768. The molecule has 0 radical (unpaired) electrons. The summed E-state index contributed by atoms with van der Waals surface area (Å²) in [7, 11) is 0. The minimum atomic E-state index is 0.496. The van der Waals surface area contributed by atoms with E-state index in [1.54, 1.807) is 0 Å². The third-order valence-electron chi connectivity index (χ3n) is 3.88. The molecule has 2 unspecified atom stereocenters. The van der Waals surface area contributed by atoms with Crippen molar-refractivity contribution in [3.63, 3.8) is 0 Å². The van der Waals surface area contributed by atoms with E-state index in [0.29, 0.717) is 12.0 Å². The molecule has 0 spiro atoms. The van der Waals surface area contributed by atoms with E-state index in [1.165, 1.54) is 35.1 Å². The zero-order chi connectivity index (χ0) is 13.7. The van der Waals surface area contributed by atoms with Gasteiger partial charge in [-0.1, -0.05) is 44.9 Å². The normalized spacial score (nSPS) is 14.6. The summed E-state index contributed by atoms with van der Waals surface area (Å²) in [4.78, 5) is 0. The van der Waals surface area contributed by atoms with Crippen molar-refractivity contribution < 1.29 is 0 Å². The van der Waals surface area contributed by atoms with Crippen molar-refractivity contribution in [3.05, 3.63) is 34.4 Å². The molecule has 18 heavy (non-hydrogen) atoms. The summed E-state index contributed by atoms with van der Waals surface area (Å²) in [6.07, 6.45) is 2.41. The van der Waals surface area contributed by atoms with Crippen LogP contribution in [0.15, 0.2) is 12.1 Å². The fourth-order valence-electron chi connectivity index (χ4n) is 2.81. The van der Waals surface area contributed by atoms with Crippen LogP contribution in [-0.4, -0.2) is 6.54 Å². The number of nitrogens with one attached hydrogen (secondary N) is 1. The van der Waals surface area contributed by atoms with E-state index in [2.05, 4.69) is 59.0 Å². The van der Waals surface area contributed by atoms with Crippen LogP contribution in [0.25, 0.3) is 0 Å². The Hall–Kier alpha value is -0.820. The molecule has 0 amide bonds. The Morgan fingerprint density at radius 1 is 1.06 bits per heavy atom. The van der Waals surface area contributed by atoms with Gasteiger partial charge in [-0.25, -0.2) is 0 Å². The van der Waals surface area contributed by atoms with Gasteiger partial charge in [0.25, 0.3) is 0 Å². The standard InChI is InChI=1S/C17H29N/c1-7-9-18-17(13(4)8-2)16-14(5)10-12(3)11-15(16)6/h10-11,13,17-18H,7-9H2,1-6H3. The minimum absolute atomic E-state index is 0.496. The van der Waals surface area contributed by atoms with E-state index in [1.807, 2.05) is 0 Å². The Balaban J connectivity index is 3.11. The summed E-state index contributed by atoms with van der Waals surface area (Å²) in [5, 5.41) is 3.74. The van der Waals surface area contributed by atoms with Gasteiger partial charge in [0, 0.05) is 6.04 Å². The van der Waals surface area contributed by atoms with Crippen LogP contribution >= 0.6 is 0 Å². The lowest BCUT2D eigenvalue weighted by Crippen LogP contribution is -2.29. The average molecular weight is 247 g/mol. The van der Waals surface area contributed by atoms with Gasteiger partial charge in [0.15, 0.2) is 0 Å². The van der Waals surface area contributed by atoms with Crippen molar-refractivity contribution in [1.29, 1.82) is 0 Å². The van der Waals surface area contributed by atoms with Crippen LogP contribution in [0.3, 0.4) is 0 Å². The number of hydrogen-bond acceptors (Lipinski definition) is 1. The van der Waals surface area contributed by atoms with Gasteiger partial charge >= 0.3 is 0 Å². The van der Waals surface area contributed by atoms with E-state index in [9.17, 15) is 0 Å². The van der Waals surface area contributed by atoms with Gasteiger partial charge in [-0.15, -0.1) is 0 Å². The predicted molar refractivity (Wildman–Crippen MR) is 81.1 cm³/mol. The second kappa shape index (κ2) is 6.94. The lowest BCUT2D eigenvalue weighted by atomic mass is 9.86. The first kappa shape index (κ1) is 15.2. The molecule has 102 valence electrons. The lowest BCUT2D eigenvalue weighted by molar-refractivity contribution is 0.374. The van der Waals surface area contributed by atoms with Gasteiger partial charge in [-0.2, -0.15) is 0 Å². The highest BCUT2D eigenvalue weighted by atomic mass is 14.9. The Labute approximate surface area is 113 Å². The predicted octanol–water partition coefficient (Wildman–Crippen LogP) is 4.70. The lowest BCUT2D eigenvalue weighted by Gasteiger charge is -2.28. The van der Waals surface area contributed by atoms with Crippen molar-refractivity contribution in [2.75, 3.05) is 6.54 Å². The van der Waals surface area contributed by atoms with Crippen LogP contribution < -0.4 is 5.32 Å². The minimum Gasteiger partial charge on any atom is -0.310 e. The summed E-state index contributed by atoms with van der Waals surface area (Å²) in [6, 6.07) is 5.12. The molecule has 1 aromatic rings. The summed E-state index contributed by atoms with van der Waals surface area (Å²) >= 11 is 0. The number of benzene rings is 1. The molecule has 0 saturated heterocycles. The second-order valence-electron chi connectivity index (χ2n) is 5.63. The summed E-state index contributed by atoms with van der Waals surface area (Å²) in [5.74, 6) is 0.677. The number of rotatable bonds is 6. The zero-order valence-corrected chi connectivity index (χ0v) is 12.9. The van der Waals surface area contributed by atoms with E-state index in [4.69, 9.17) is 0 Å². The maximum Gasteiger partial charge on any atom is 0.0351 e. The van der Waals surface area contributed by atoms with Crippen molar-refractivity contribution in [3.8, 4) is 0 Å². The average Bonchev–Trinajstić information content (AvgIpc) is 2.31. The van der Waals surface area contributed by atoms with Crippen molar-refractivity contribution in [2.45, 2.75) is 60.4 Å². The van der Waals surface area contributed by atoms with Crippen LogP contribution in [-0.2, 0) is 0 Å². The smallest absolute Gasteiger partial charge is 0.0351 e. The molecule has 0 heterocycles. The fourth-order valence-corrected chi connectivity index (χ4v) is 2.81. The molecule has 0 aliphatic carbocycles. The fraction of sp³-hybridized carbons (Fsp3) is 0.647. The Morgan fingerprint density at radius 3 is 2.06 bits per heavy atom. The van der Waals surface area contributed by atoms with Gasteiger partial charge < -0.3 is 5.32 Å². The van der Waals surface area contributed by atoms with Gasteiger partial charge in [0.1, 0.15) is 0 Å². The van der Waals surface area contributed by atoms with Crippen molar-refractivity contribution >= 4 is 0 Å². The summed E-state index contributed by atoms with van der Waals surface area (Å²) < 4.78 is 0. The monoisotopic (exact) mass is 247 g/mol. The molecule has 1 aromatic carbocycles. The van der Waals surface area contributed by atoms with E-state index >= 15 is 0 Å². The maximum absolute atomic E-state index is 3.74. The van der Waals surface area contributed by atoms with E-state index in [0.717, 1.165) is 6.54 Å². The molecular weight excluding hydrogens is 218 g/mol. The topological polar surface area (TPSA) is 12.0 Å². The molecule has 1 heteroatoms. The van der Waals surface area contributed by atoms with Gasteiger partial charge in [-0.3, -0.25) is 0 Å². The first-order chi connectivity index (χ1) is 8.51. The third-order valence-corrected chi connectivity index (χ3v) is 3.88. The largest absolute Gasteiger partial charge is 0.310 e. The third kappa shape index (κ3) is 3.58. The van der Waals surface area contributed by atoms with Crippen LogP contribution in [0.1, 0.15) is 61.9 Å². The number of aryl methyl sites for hydroxylation is 3. The molecule has 0 saturated carbocycles. The first-order valence-corrected chi connectivity index (χ1v) is 7.32. The van der Waals surface area contributed by atoms with E-state index in [-0.39, 0.29) is 0 Å². The zero-order valence-electron chi connectivity index (χ0n) is 12.9. The van der Waals surface area contributed by atoms with Crippen molar-refractivity contribution in [1.82, 2.24) is 5.32 Å². The molecule has 0 fully saturated rings. The summed E-state index contributed by atoms with van der Waals surface area (Å²) in [5.41, 5.74) is 5.75. The van der Waals surface area contributed by atoms with Gasteiger partial charge in [0.05, 0.1) is 0 Å². The van der Waals surface area contributed by atoms with Crippen LogP contribution in [0, 0.1) is 26.7 Å². The molecule has 1 nitrogen and oxygen atoms in total. The Morgan fingerprint density at radius 2 is 1.61 bits per heavy atom. The summed E-state index contributed by atoms with van der Waals surface area (Å²) in [6.45, 7) is 14.6.